The molecule has 6 heteroatoms. The molecule has 1 N–H and O–H groups in total. The van der Waals surface area contributed by atoms with Crippen LogP contribution in [0.15, 0.2) is 60.7 Å². The van der Waals surface area contributed by atoms with Crippen LogP contribution in [0.4, 0.5) is 0 Å². The van der Waals surface area contributed by atoms with Crippen LogP contribution in [0.1, 0.15) is 17.4 Å². The Morgan fingerprint density at radius 2 is 1.92 bits per heavy atom. The Morgan fingerprint density at radius 3 is 2.64 bits per heavy atom. The predicted octanol–water partition coefficient (Wildman–Crippen LogP) is 3.23. The number of carbonyl (C=O) groups excluding carboxylic acids is 1. The number of amides is 1. The normalized spacial score (nSPS) is 10.5. The first-order valence-corrected chi connectivity index (χ1v) is 7.95. The van der Waals surface area contributed by atoms with Crippen LogP contribution in [-0.4, -0.2) is 29.4 Å². The van der Waals surface area contributed by atoms with Crippen molar-refractivity contribution in [2.45, 2.75) is 6.92 Å². The van der Waals surface area contributed by atoms with E-state index in [9.17, 15) is 4.79 Å². The van der Waals surface area contributed by atoms with Crippen molar-refractivity contribution in [3.8, 4) is 22.7 Å². The highest BCUT2D eigenvalue weighted by molar-refractivity contribution is 5.93. The highest BCUT2D eigenvalue weighted by atomic mass is 16.6. The highest BCUT2D eigenvalue weighted by Gasteiger charge is 2.18. The molecule has 2 aromatic carbocycles. The molecule has 0 saturated heterocycles. The summed E-state index contributed by atoms with van der Waals surface area (Å²) < 4.78 is 6.87. The van der Waals surface area contributed by atoms with Crippen LogP contribution in [-0.2, 0) is 4.84 Å². The highest BCUT2D eigenvalue weighted by Crippen LogP contribution is 2.25. The number of hydroxylamine groups is 1. The molecule has 0 fully saturated rings. The second-order valence-corrected chi connectivity index (χ2v) is 5.26. The van der Waals surface area contributed by atoms with Crippen molar-refractivity contribution in [1.29, 1.82) is 0 Å². The minimum absolute atomic E-state index is 0.354. The summed E-state index contributed by atoms with van der Waals surface area (Å²) in [6.07, 6.45) is 0. The zero-order valence-electron chi connectivity index (χ0n) is 14.1. The number of carbonyl (C=O) groups is 1. The number of hydrogen-bond acceptors (Lipinski definition) is 4. The lowest BCUT2D eigenvalue weighted by atomic mass is 10.1. The van der Waals surface area contributed by atoms with Gasteiger partial charge in [-0.25, -0.2) is 10.2 Å². The fourth-order valence-electron chi connectivity index (χ4n) is 2.42. The number of nitrogens with zero attached hydrogens (tertiary/aromatic N) is 2. The number of ether oxygens (including phenoxy) is 1. The molecule has 1 amide bonds. The summed E-state index contributed by atoms with van der Waals surface area (Å²) in [5.41, 5.74) is 5.13. The minimum Gasteiger partial charge on any atom is -0.497 e. The van der Waals surface area contributed by atoms with Gasteiger partial charge >= 0.3 is 0 Å². The summed E-state index contributed by atoms with van der Waals surface area (Å²) in [5, 5.41) is 4.60. The van der Waals surface area contributed by atoms with Gasteiger partial charge in [0.2, 0.25) is 0 Å². The van der Waals surface area contributed by atoms with Crippen molar-refractivity contribution in [2.75, 3.05) is 13.7 Å². The summed E-state index contributed by atoms with van der Waals surface area (Å²) in [6, 6.07) is 18.8. The van der Waals surface area contributed by atoms with Gasteiger partial charge in [-0.15, -0.1) is 0 Å². The molecule has 0 radical (unpaired) electrons. The molecule has 0 aliphatic carbocycles. The van der Waals surface area contributed by atoms with Gasteiger partial charge in [0, 0.05) is 5.56 Å². The number of nitrogens with one attached hydrogen (secondary N) is 1. The SMILES string of the molecule is CCONC(=O)c1cc(-c2cccc(OC)c2)nn1-c1ccccc1. The van der Waals surface area contributed by atoms with Crippen molar-refractivity contribution in [2.24, 2.45) is 0 Å². The van der Waals surface area contributed by atoms with Crippen LogP contribution in [0, 0.1) is 0 Å². The van der Waals surface area contributed by atoms with Gasteiger partial charge < -0.3 is 4.74 Å². The third-order valence-electron chi connectivity index (χ3n) is 3.62. The number of rotatable bonds is 6. The van der Waals surface area contributed by atoms with Crippen LogP contribution >= 0.6 is 0 Å². The molecule has 1 aromatic heterocycles. The van der Waals surface area contributed by atoms with Crippen LogP contribution in [0.3, 0.4) is 0 Å². The molecule has 1 heterocycles. The second-order valence-electron chi connectivity index (χ2n) is 5.26. The lowest BCUT2D eigenvalue weighted by Crippen LogP contribution is -2.26. The van der Waals surface area contributed by atoms with Gasteiger partial charge in [0.25, 0.3) is 5.91 Å². The van der Waals surface area contributed by atoms with Gasteiger partial charge in [0.15, 0.2) is 0 Å². The zero-order valence-corrected chi connectivity index (χ0v) is 14.1. The van der Waals surface area contributed by atoms with Crippen LogP contribution in [0.2, 0.25) is 0 Å². The van der Waals surface area contributed by atoms with Gasteiger partial charge in [-0.05, 0) is 37.3 Å². The third-order valence-corrected chi connectivity index (χ3v) is 3.62. The van der Waals surface area contributed by atoms with Gasteiger partial charge in [0.1, 0.15) is 11.4 Å². The summed E-state index contributed by atoms with van der Waals surface area (Å²) in [6.45, 7) is 2.18. The average molecular weight is 337 g/mol. The molecular weight excluding hydrogens is 318 g/mol. The van der Waals surface area contributed by atoms with Gasteiger partial charge in [-0.3, -0.25) is 9.63 Å². The van der Waals surface area contributed by atoms with Crippen molar-refractivity contribution in [3.05, 3.63) is 66.4 Å². The molecule has 128 valence electrons. The van der Waals surface area contributed by atoms with E-state index in [-0.39, 0.29) is 5.91 Å². The maximum absolute atomic E-state index is 12.4. The van der Waals surface area contributed by atoms with Crippen LogP contribution < -0.4 is 10.2 Å². The number of methoxy groups -OCH3 is 1. The summed E-state index contributed by atoms with van der Waals surface area (Å²) in [4.78, 5) is 17.5. The molecule has 0 aliphatic rings. The van der Waals surface area contributed by atoms with E-state index in [1.54, 1.807) is 24.8 Å². The molecule has 3 aromatic rings. The minimum atomic E-state index is -0.354. The lowest BCUT2D eigenvalue weighted by Gasteiger charge is -2.07. The first kappa shape index (κ1) is 16.7. The Morgan fingerprint density at radius 1 is 1.12 bits per heavy atom. The maximum atomic E-state index is 12.4. The Bertz CT molecular complexity index is 859. The van der Waals surface area contributed by atoms with E-state index in [1.807, 2.05) is 54.6 Å². The molecule has 6 nitrogen and oxygen atoms in total. The number of para-hydroxylation sites is 1. The smallest absolute Gasteiger partial charge is 0.293 e. The van der Waals surface area contributed by atoms with E-state index in [4.69, 9.17) is 9.57 Å². The predicted molar refractivity (Wildman–Crippen MR) is 94.6 cm³/mol. The maximum Gasteiger partial charge on any atom is 0.293 e. The van der Waals surface area contributed by atoms with E-state index < -0.39 is 0 Å². The Balaban J connectivity index is 2.06. The summed E-state index contributed by atoms with van der Waals surface area (Å²) in [5.74, 6) is 0.374. The van der Waals surface area contributed by atoms with Crippen molar-refractivity contribution >= 4 is 5.91 Å². The fourth-order valence-corrected chi connectivity index (χ4v) is 2.42. The van der Waals surface area contributed by atoms with E-state index in [2.05, 4.69) is 10.6 Å². The monoisotopic (exact) mass is 337 g/mol. The van der Waals surface area contributed by atoms with Gasteiger partial charge in [-0.1, -0.05) is 30.3 Å². The average Bonchev–Trinajstić information content (AvgIpc) is 3.12. The van der Waals surface area contributed by atoms with Gasteiger partial charge in [-0.2, -0.15) is 5.10 Å². The molecule has 0 bridgehead atoms. The molecular formula is C19H19N3O3. The molecule has 0 spiro atoms. The molecule has 25 heavy (non-hydrogen) atoms. The summed E-state index contributed by atoms with van der Waals surface area (Å²) in [7, 11) is 1.61. The lowest BCUT2D eigenvalue weighted by molar-refractivity contribution is 0.0357. The summed E-state index contributed by atoms with van der Waals surface area (Å²) >= 11 is 0. The largest absolute Gasteiger partial charge is 0.497 e. The fraction of sp³-hybridized carbons (Fsp3) is 0.158. The van der Waals surface area contributed by atoms with E-state index in [0.29, 0.717) is 18.0 Å². The molecule has 0 aliphatic heterocycles. The molecule has 0 unspecified atom stereocenters. The van der Waals surface area contributed by atoms with E-state index in [1.165, 1.54) is 0 Å². The number of hydrogen-bond donors (Lipinski definition) is 1. The van der Waals surface area contributed by atoms with E-state index >= 15 is 0 Å². The first-order valence-electron chi connectivity index (χ1n) is 7.95. The Labute approximate surface area is 146 Å². The zero-order chi connectivity index (χ0) is 17.6. The van der Waals surface area contributed by atoms with Gasteiger partial charge in [0.05, 0.1) is 25.1 Å². The van der Waals surface area contributed by atoms with Crippen molar-refractivity contribution in [3.63, 3.8) is 0 Å². The molecule has 0 atom stereocenters. The topological polar surface area (TPSA) is 65.4 Å². The quantitative estimate of drug-likeness (QED) is 0.701. The Kier molecular flexibility index (Phi) is 5.11. The molecule has 3 rings (SSSR count). The number of benzene rings is 2. The van der Waals surface area contributed by atoms with E-state index in [0.717, 1.165) is 17.0 Å². The number of aromatic nitrogens is 2. The Hall–Kier alpha value is -3.12. The van der Waals surface area contributed by atoms with Crippen molar-refractivity contribution in [1.82, 2.24) is 15.3 Å². The van der Waals surface area contributed by atoms with Crippen LogP contribution in [0.25, 0.3) is 16.9 Å². The molecule has 0 saturated carbocycles. The first-order chi connectivity index (χ1) is 12.2. The second kappa shape index (κ2) is 7.63. The van der Waals surface area contributed by atoms with Crippen molar-refractivity contribution < 1.29 is 14.4 Å². The standard InChI is InChI=1S/C19H19N3O3/c1-3-25-21-19(23)18-13-17(14-8-7-11-16(12-14)24-2)20-22(18)15-9-5-4-6-10-15/h4-13H,3H2,1-2H3,(H,21,23). The third kappa shape index (κ3) is 3.70. The van der Waals surface area contributed by atoms with Crippen LogP contribution in [0.5, 0.6) is 5.75 Å².